The fourth-order valence-electron chi connectivity index (χ4n) is 5.11. The molecule has 0 aliphatic carbocycles. The Hall–Kier alpha value is -0.570. The first-order valence-electron chi connectivity index (χ1n) is 8.46. The monoisotopic (exact) mass is 328 g/mol. The molecule has 7 heteroatoms. The molecule has 4 rings (SSSR count). The van der Waals surface area contributed by atoms with Crippen LogP contribution in [0.2, 0.25) is 0 Å². The number of aliphatic hydroxyl groups is 4. The van der Waals surface area contributed by atoms with Crippen molar-refractivity contribution in [3.05, 3.63) is 0 Å². The van der Waals surface area contributed by atoms with Crippen molar-refractivity contribution in [3.8, 4) is 0 Å². The van der Waals surface area contributed by atoms with E-state index in [1.807, 2.05) is 6.92 Å². The Bertz CT molecular complexity index is 469. The lowest BCUT2D eigenvalue weighted by Crippen LogP contribution is -2.81. The molecule has 4 aliphatic heterocycles. The second kappa shape index (κ2) is 5.75. The summed E-state index contributed by atoms with van der Waals surface area (Å²) in [5.74, 6) is 0.336. The normalized spacial score (nSPS) is 46.0. The van der Waals surface area contributed by atoms with Crippen LogP contribution in [0.1, 0.15) is 26.7 Å². The maximum absolute atomic E-state index is 12.9. The van der Waals surface area contributed by atoms with Crippen LogP contribution in [0.4, 0.5) is 0 Å². The van der Waals surface area contributed by atoms with Crippen molar-refractivity contribution >= 4 is 5.78 Å². The van der Waals surface area contributed by atoms with E-state index in [1.165, 1.54) is 0 Å². The van der Waals surface area contributed by atoms with Gasteiger partial charge >= 0.3 is 0 Å². The zero-order valence-corrected chi connectivity index (χ0v) is 13.9. The summed E-state index contributed by atoms with van der Waals surface area (Å²) >= 11 is 0. The van der Waals surface area contributed by atoms with Gasteiger partial charge in [-0.25, -0.2) is 0 Å². The van der Waals surface area contributed by atoms with Gasteiger partial charge in [-0.15, -0.1) is 0 Å². The summed E-state index contributed by atoms with van der Waals surface area (Å²) in [7, 11) is 0. The van der Waals surface area contributed by atoms with Crippen molar-refractivity contribution in [1.82, 2.24) is 9.80 Å². The average molecular weight is 328 g/mol. The van der Waals surface area contributed by atoms with E-state index < -0.39 is 36.5 Å². The Kier molecular flexibility index (Phi) is 4.32. The van der Waals surface area contributed by atoms with Crippen LogP contribution in [0, 0.1) is 10.8 Å². The minimum atomic E-state index is -1.41. The molecule has 0 aromatic carbocycles. The molecular weight excluding hydrogens is 300 g/mol. The van der Waals surface area contributed by atoms with E-state index >= 15 is 0 Å². The standard InChI is InChI=1S/C16H28N2O5/c1-3-4-16-8-17-6-15(2,14(16)23)7-18(9-16)13(17)12(22)11(21)10(20)5-19/h10-13,19-22H,3-9H2,1-2H3/t10-,11-,12-,13?,15?,16?/m1/s1. The molecule has 4 aliphatic rings. The first kappa shape index (κ1) is 17.3. The highest BCUT2D eigenvalue weighted by Crippen LogP contribution is 2.50. The lowest BCUT2D eigenvalue weighted by Gasteiger charge is -2.66. The van der Waals surface area contributed by atoms with Gasteiger partial charge in [0, 0.05) is 26.2 Å². The molecule has 4 N–H and O–H groups in total. The van der Waals surface area contributed by atoms with Gasteiger partial charge in [0.05, 0.1) is 23.6 Å². The van der Waals surface area contributed by atoms with E-state index in [9.17, 15) is 20.1 Å². The first-order valence-corrected chi connectivity index (χ1v) is 8.46. The number of aliphatic hydroxyl groups excluding tert-OH is 4. The van der Waals surface area contributed by atoms with Crippen LogP contribution in [-0.2, 0) is 4.79 Å². The minimum Gasteiger partial charge on any atom is -0.394 e. The lowest BCUT2D eigenvalue weighted by atomic mass is 9.59. The molecular formula is C16H28N2O5. The summed E-state index contributed by atoms with van der Waals surface area (Å²) in [4.78, 5) is 17.1. The van der Waals surface area contributed by atoms with Crippen LogP contribution in [0.15, 0.2) is 0 Å². The molecule has 4 fully saturated rings. The number of hydrogen-bond acceptors (Lipinski definition) is 7. The molecule has 23 heavy (non-hydrogen) atoms. The summed E-state index contributed by atoms with van der Waals surface area (Å²) in [5, 5.41) is 39.2. The number of carbonyl (C=O) groups excluding carboxylic acids is 1. The van der Waals surface area contributed by atoms with Gasteiger partial charge in [-0.2, -0.15) is 0 Å². The first-order chi connectivity index (χ1) is 10.8. The van der Waals surface area contributed by atoms with Crippen molar-refractivity contribution in [2.24, 2.45) is 10.8 Å². The SMILES string of the molecule is CCCC12CN3CC(C)(CN(C1)C3[C@H](O)[C@H](O)[C@H](O)CO)C2=O. The second-order valence-electron chi connectivity index (χ2n) is 7.87. The van der Waals surface area contributed by atoms with Crippen LogP contribution in [0.25, 0.3) is 0 Å². The fraction of sp³-hybridized carbons (Fsp3) is 0.938. The van der Waals surface area contributed by atoms with Crippen LogP contribution in [0.5, 0.6) is 0 Å². The van der Waals surface area contributed by atoms with Gasteiger partial charge < -0.3 is 20.4 Å². The van der Waals surface area contributed by atoms with E-state index in [2.05, 4.69) is 16.7 Å². The Morgan fingerprint density at radius 1 is 1.17 bits per heavy atom. The van der Waals surface area contributed by atoms with E-state index in [1.54, 1.807) is 0 Å². The molecule has 0 saturated carbocycles. The molecule has 132 valence electrons. The zero-order chi connectivity index (χ0) is 17.0. The van der Waals surface area contributed by atoms with E-state index in [-0.39, 0.29) is 5.41 Å². The Labute approximate surface area is 136 Å². The molecule has 7 nitrogen and oxygen atoms in total. The highest BCUT2D eigenvalue weighted by molar-refractivity contribution is 5.93. The number of rotatable bonds is 6. The van der Waals surface area contributed by atoms with Crippen LogP contribution >= 0.6 is 0 Å². The van der Waals surface area contributed by atoms with E-state index in [4.69, 9.17) is 5.11 Å². The minimum absolute atomic E-state index is 0.336. The average Bonchev–Trinajstić information content (AvgIpc) is 2.49. The van der Waals surface area contributed by atoms with Gasteiger partial charge in [0.1, 0.15) is 24.1 Å². The molecule has 4 bridgehead atoms. The third kappa shape index (κ3) is 2.45. The summed E-state index contributed by atoms with van der Waals surface area (Å²) in [5.41, 5.74) is -0.806. The van der Waals surface area contributed by atoms with Gasteiger partial charge in [-0.05, 0) is 6.42 Å². The summed E-state index contributed by atoms with van der Waals surface area (Å²) in [6.45, 7) is 5.78. The number of ketones is 1. The lowest BCUT2D eigenvalue weighted by molar-refractivity contribution is -0.229. The molecule has 5 atom stereocenters. The van der Waals surface area contributed by atoms with Gasteiger partial charge in [0.25, 0.3) is 0 Å². The number of piperidine rings is 2. The molecule has 2 unspecified atom stereocenters. The highest BCUT2D eigenvalue weighted by atomic mass is 16.4. The molecule has 4 saturated heterocycles. The number of Topliss-reactive ketones (excluding diaryl/α,β-unsaturated/α-hetero) is 1. The van der Waals surface area contributed by atoms with Gasteiger partial charge in [0.2, 0.25) is 0 Å². The Morgan fingerprint density at radius 2 is 1.74 bits per heavy atom. The molecule has 0 radical (unpaired) electrons. The molecule has 4 heterocycles. The smallest absolute Gasteiger partial charge is 0.150 e. The Morgan fingerprint density at radius 3 is 2.22 bits per heavy atom. The molecule has 0 amide bonds. The Balaban J connectivity index is 1.86. The van der Waals surface area contributed by atoms with Crippen molar-refractivity contribution in [1.29, 1.82) is 0 Å². The van der Waals surface area contributed by atoms with Gasteiger partial charge in [-0.3, -0.25) is 14.6 Å². The van der Waals surface area contributed by atoms with Gasteiger partial charge in [-0.1, -0.05) is 20.3 Å². The largest absolute Gasteiger partial charge is 0.394 e. The number of nitrogens with zero attached hydrogens (tertiary/aromatic N) is 2. The summed E-state index contributed by atoms with van der Waals surface area (Å²) in [6, 6.07) is 0. The van der Waals surface area contributed by atoms with Crippen molar-refractivity contribution in [3.63, 3.8) is 0 Å². The predicted octanol–water partition coefficient (Wildman–Crippen LogP) is -1.61. The highest BCUT2D eigenvalue weighted by Gasteiger charge is 2.64. The van der Waals surface area contributed by atoms with Crippen molar-refractivity contribution in [2.75, 3.05) is 32.8 Å². The van der Waals surface area contributed by atoms with Gasteiger partial charge in [0.15, 0.2) is 0 Å². The van der Waals surface area contributed by atoms with E-state index in [0.29, 0.717) is 32.0 Å². The summed E-state index contributed by atoms with van der Waals surface area (Å²) in [6.07, 6.45) is -2.62. The summed E-state index contributed by atoms with van der Waals surface area (Å²) < 4.78 is 0. The third-order valence-corrected chi connectivity index (χ3v) is 5.86. The predicted molar refractivity (Wildman–Crippen MR) is 82.5 cm³/mol. The molecule has 0 aromatic heterocycles. The fourth-order valence-corrected chi connectivity index (χ4v) is 5.11. The number of carbonyl (C=O) groups is 1. The topological polar surface area (TPSA) is 104 Å². The van der Waals surface area contributed by atoms with Crippen LogP contribution < -0.4 is 0 Å². The quantitative estimate of drug-likeness (QED) is 0.465. The van der Waals surface area contributed by atoms with Crippen molar-refractivity contribution in [2.45, 2.75) is 51.2 Å². The third-order valence-electron chi connectivity index (χ3n) is 5.86. The van der Waals surface area contributed by atoms with Crippen LogP contribution in [0.3, 0.4) is 0 Å². The maximum atomic E-state index is 12.9. The molecule has 0 spiro atoms. The second-order valence-corrected chi connectivity index (χ2v) is 7.87. The zero-order valence-electron chi connectivity index (χ0n) is 13.9. The van der Waals surface area contributed by atoms with E-state index in [0.717, 1.165) is 12.8 Å². The number of hydrogen-bond donors (Lipinski definition) is 4. The van der Waals surface area contributed by atoms with Crippen molar-refractivity contribution < 1.29 is 25.2 Å². The van der Waals surface area contributed by atoms with Crippen LogP contribution in [-0.4, -0.2) is 93.3 Å². The molecule has 0 aromatic rings. The maximum Gasteiger partial charge on any atom is 0.150 e.